The van der Waals surface area contributed by atoms with Gasteiger partial charge in [0.25, 0.3) is 0 Å². The Morgan fingerprint density at radius 3 is 2.71 bits per heavy atom. The lowest BCUT2D eigenvalue weighted by atomic mass is 10.1. The van der Waals surface area contributed by atoms with E-state index in [-0.39, 0.29) is 30.0 Å². The van der Waals surface area contributed by atoms with E-state index in [0.717, 1.165) is 17.2 Å². The van der Waals surface area contributed by atoms with Crippen LogP contribution in [0.25, 0.3) is 11.4 Å². The Labute approximate surface area is 178 Å². The Balaban J connectivity index is 0.00000280. The molecular weight excluding hydrogens is 477 g/mol. The van der Waals surface area contributed by atoms with E-state index in [1.807, 2.05) is 24.3 Å². The van der Waals surface area contributed by atoms with E-state index < -0.39 is 11.6 Å². The number of nitrogens with one attached hydrogen (secondary N) is 3. The Morgan fingerprint density at radius 2 is 2.04 bits per heavy atom. The van der Waals surface area contributed by atoms with Gasteiger partial charge in [0.1, 0.15) is 18.0 Å². The predicted molar refractivity (Wildman–Crippen MR) is 115 cm³/mol. The summed E-state index contributed by atoms with van der Waals surface area (Å²) >= 11 is 0. The zero-order chi connectivity index (χ0) is 19.2. The van der Waals surface area contributed by atoms with Gasteiger partial charge in [-0.15, -0.1) is 24.0 Å². The minimum Gasteiger partial charge on any atom is -0.352 e. The van der Waals surface area contributed by atoms with Crippen molar-refractivity contribution in [3.8, 4) is 11.4 Å². The molecule has 0 fully saturated rings. The summed E-state index contributed by atoms with van der Waals surface area (Å²) in [5, 5.41) is 13.0. The number of aromatic amines is 1. The summed E-state index contributed by atoms with van der Waals surface area (Å²) < 4.78 is 27.0. The molecule has 9 heteroatoms. The molecule has 3 rings (SSSR count). The highest BCUT2D eigenvalue weighted by molar-refractivity contribution is 14.0. The molecule has 0 bridgehead atoms. The van der Waals surface area contributed by atoms with Crippen LogP contribution in [0.1, 0.15) is 24.1 Å². The van der Waals surface area contributed by atoms with Crippen molar-refractivity contribution in [2.75, 3.05) is 7.05 Å². The standard InChI is InChI=1S/C19H20F2N6.HI/c1-12(16-7-6-15(20)9-17(16)21)26-19(22-2)23-10-13-4-3-5-14(8-13)18-24-11-25-27-18;/h3-9,11-12H,10H2,1-2H3,(H2,22,23,26)(H,24,25,27);1H. The maximum Gasteiger partial charge on any atom is 0.191 e. The van der Waals surface area contributed by atoms with Crippen molar-refractivity contribution in [3.63, 3.8) is 0 Å². The number of rotatable bonds is 5. The molecule has 3 N–H and O–H groups in total. The molecule has 0 saturated carbocycles. The third-order valence-corrected chi connectivity index (χ3v) is 4.08. The molecule has 6 nitrogen and oxygen atoms in total. The summed E-state index contributed by atoms with van der Waals surface area (Å²) in [6.07, 6.45) is 1.46. The lowest BCUT2D eigenvalue weighted by Gasteiger charge is -2.19. The van der Waals surface area contributed by atoms with Gasteiger partial charge in [0.2, 0.25) is 0 Å². The van der Waals surface area contributed by atoms with Crippen molar-refractivity contribution in [3.05, 3.63) is 71.6 Å². The molecule has 1 aromatic heterocycles. The van der Waals surface area contributed by atoms with Crippen molar-refractivity contribution >= 4 is 29.9 Å². The maximum atomic E-state index is 13.9. The van der Waals surface area contributed by atoms with Gasteiger partial charge in [-0.05, 0) is 24.6 Å². The number of guanidine groups is 1. The summed E-state index contributed by atoms with van der Waals surface area (Å²) in [6, 6.07) is 11.0. The number of hydrogen-bond acceptors (Lipinski definition) is 3. The van der Waals surface area contributed by atoms with Crippen LogP contribution in [-0.4, -0.2) is 28.2 Å². The first kappa shape index (κ1) is 21.7. The molecule has 0 aliphatic rings. The van der Waals surface area contributed by atoms with E-state index in [9.17, 15) is 8.78 Å². The highest BCUT2D eigenvalue weighted by Crippen LogP contribution is 2.18. The van der Waals surface area contributed by atoms with Crippen LogP contribution in [0, 0.1) is 11.6 Å². The van der Waals surface area contributed by atoms with Crippen LogP contribution in [0.2, 0.25) is 0 Å². The summed E-state index contributed by atoms with van der Waals surface area (Å²) in [4.78, 5) is 8.30. The monoisotopic (exact) mass is 498 g/mol. The van der Waals surface area contributed by atoms with Crippen LogP contribution >= 0.6 is 24.0 Å². The summed E-state index contributed by atoms with van der Waals surface area (Å²) in [7, 11) is 1.63. The highest BCUT2D eigenvalue weighted by Gasteiger charge is 2.13. The second kappa shape index (κ2) is 10.1. The molecule has 1 heterocycles. The maximum absolute atomic E-state index is 13.9. The lowest BCUT2D eigenvalue weighted by Crippen LogP contribution is -2.38. The van der Waals surface area contributed by atoms with Crippen molar-refractivity contribution in [2.45, 2.75) is 19.5 Å². The molecule has 0 radical (unpaired) electrons. The molecule has 3 aromatic rings. The van der Waals surface area contributed by atoms with Gasteiger partial charge >= 0.3 is 0 Å². The first-order valence-electron chi connectivity index (χ1n) is 8.43. The molecule has 0 aliphatic carbocycles. The van der Waals surface area contributed by atoms with Gasteiger partial charge in [-0.2, -0.15) is 5.10 Å². The average Bonchev–Trinajstić information content (AvgIpc) is 3.20. The number of hydrogen-bond donors (Lipinski definition) is 3. The number of H-pyrrole nitrogens is 1. The third-order valence-electron chi connectivity index (χ3n) is 4.08. The molecule has 0 amide bonds. The Morgan fingerprint density at radius 1 is 1.21 bits per heavy atom. The zero-order valence-corrected chi connectivity index (χ0v) is 17.7. The van der Waals surface area contributed by atoms with Crippen molar-refractivity contribution < 1.29 is 8.78 Å². The van der Waals surface area contributed by atoms with E-state index in [2.05, 4.69) is 30.8 Å². The largest absolute Gasteiger partial charge is 0.352 e. The number of aromatic nitrogens is 3. The minimum atomic E-state index is -0.599. The van der Waals surface area contributed by atoms with Crippen LogP contribution in [-0.2, 0) is 6.54 Å². The van der Waals surface area contributed by atoms with Crippen LogP contribution in [0.15, 0.2) is 53.8 Å². The van der Waals surface area contributed by atoms with E-state index in [1.54, 1.807) is 14.0 Å². The molecule has 1 atom stereocenters. The van der Waals surface area contributed by atoms with Gasteiger partial charge < -0.3 is 10.6 Å². The fourth-order valence-corrected chi connectivity index (χ4v) is 2.69. The predicted octanol–water partition coefficient (Wildman–Crippen LogP) is 3.79. The molecule has 0 saturated heterocycles. The third kappa shape index (κ3) is 5.47. The Kier molecular flexibility index (Phi) is 7.85. The van der Waals surface area contributed by atoms with Gasteiger partial charge in [-0.25, -0.2) is 13.8 Å². The number of nitrogens with zero attached hydrogens (tertiary/aromatic N) is 3. The van der Waals surface area contributed by atoms with Crippen LogP contribution in [0.5, 0.6) is 0 Å². The SMILES string of the molecule is CN=C(NCc1cccc(-c2ncn[nH]2)c1)NC(C)c1ccc(F)cc1F.I. The van der Waals surface area contributed by atoms with Gasteiger partial charge in [-0.3, -0.25) is 10.1 Å². The normalized spacial score (nSPS) is 12.2. The van der Waals surface area contributed by atoms with Crippen molar-refractivity contribution in [2.24, 2.45) is 4.99 Å². The quantitative estimate of drug-likeness (QED) is 0.284. The van der Waals surface area contributed by atoms with Gasteiger partial charge in [0.05, 0.1) is 6.04 Å². The van der Waals surface area contributed by atoms with E-state index in [0.29, 0.717) is 23.9 Å². The van der Waals surface area contributed by atoms with Gasteiger partial charge in [0.15, 0.2) is 11.8 Å². The summed E-state index contributed by atoms with van der Waals surface area (Å²) in [6.45, 7) is 2.30. The van der Waals surface area contributed by atoms with Gasteiger partial charge in [0, 0.05) is 30.8 Å². The van der Waals surface area contributed by atoms with Crippen molar-refractivity contribution in [1.82, 2.24) is 25.8 Å². The van der Waals surface area contributed by atoms with E-state index in [4.69, 9.17) is 0 Å². The Hall–Kier alpha value is -2.56. The highest BCUT2D eigenvalue weighted by atomic mass is 127. The van der Waals surface area contributed by atoms with Crippen LogP contribution in [0.4, 0.5) is 8.78 Å². The first-order chi connectivity index (χ1) is 13.1. The number of benzene rings is 2. The smallest absolute Gasteiger partial charge is 0.191 e. The molecule has 28 heavy (non-hydrogen) atoms. The Bertz CT molecular complexity index is 930. The average molecular weight is 498 g/mol. The topological polar surface area (TPSA) is 78.0 Å². The fourth-order valence-electron chi connectivity index (χ4n) is 2.69. The lowest BCUT2D eigenvalue weighted by molar-refractivity contribution is 0.551. The molecule has 1 unspecified atom stereocenters. The summed E-state index contributed by atoms with van der Waals surface area (Å²) in [5.41, 5.74) is 2.32. The van der Waals surface area contributed by atoms with Crippen LogP contribution in [0.3, 0.4) is 0 Å². The van der Waals surface area contributed by atoms with Gasteiger partial charge in [-0.1, -0.05) is 24.3 Å². The zero-order valence-electron chi connectivity index (χ0n) is 15.4. The molecular formula is C19H21F2IN6. The van der Waals surface area contributed by atoms with E-state index in [1.165, 1.54) is 18.5 Å². The molecule has 0 aliphatic heterocycles. The first-order valence-corrected chi connectivity index (χ1v) is 8.43. The second-order valence-corrected chi connectivity index (χ2v) is 5.99. The van der Waals surface area contributed by atoms with Crippen molar-refractivity contribution in [1.29, 1.82) is 0 Å². The molecule has 148 valence electrons. The second-order valence-electron chi connectivity index (χ2n) is 5.99. The summed E-state index contributed by atoms with van der Waals surface area (Å²) in [5.74, 6) is 0.0128. The number of halogens is 3. The minimum absolute atomic E-state index is 0. The molecule has 2 aromatic carbocycles. The van der Waals surface area contributed by atoms with Crippen LogP contribution < -0.4 is 10.6 Å². The fraction of sp³-hybridized carbons (Fsp3) is 0.211. The number of aliphatic imine (C=N–C) groups is 1. The van der Waals surface area contributed by atoms with E-state index >= 15 is 0 Å². The molecule has 0 spiro atoms.